The Kier molecular flexibility index (Phi) is 9.02. The first-order chi connectivity index (χ1) is 9.81. The molecule has 0 aliphatic carbocycles. The SMILES string of the molecule is CN(CCC(N)=S)C(=O)CCOc1c(I)cc(I)cc1I. The molecule has 0 heterocycles. The van der Waals surface area contributed by atoms with Gasteiger partial charge in [-0.1, -0.05) is 12.2 Å². The van der Waals surface area contributed by atoms with Crippen molar-refractivity contribution in [2.45, 2.75) is 12.8 Å². The van der Waals surface area contributed by atoms with Gasteiger partial charge in [0.15, 0.2) is 0 Å². The summed E-state index contributed by atoms with van der Waals surface area (Å²) in [4.78, 5) is 14.0. The van der Waals surface area contributed by atoms with E-state index < -0.39 is 0 Å². The van der Waals surface area contributed by atoms with Crippen LogP contribution >= 0.6 is 80.0 Å². The highest BCUT2D eigenvalue weighted by Crippen LogP contribution is 2.29. The highest BCUT2D eigenvalue weighted by Gasteiger charge is 2.12. The lowest BCUT2D eigenvalue weighted by Crippen LogP contribution is -2.31. The molecule has 0 bridgehead atoms. The molecule has 0 aromatic heterocycles. The van der Waals surface area contributed by atoms with Crippen LogP contribution in [0.15, 0.2) is 12.1 Å². The normalized spacial score (nSPS) is 10.3. The minimum absolute atomic E-state index is 0.0294. The molecular weight excluding hydrogens is 629 g/mol. The van der Waals surface area contributed by atoms with Crippen LogP contribution in [-0.4, -0.2) is 36.0 Å². The fraction of sp³-hybridized carbons (Fsp3) is 0.385. The van der Waals surface area contributed by atoms with Crippen LogP contribution < -0.4 is 10.5 Å². The number of nitrogens with zero attached hydrogens (tertiary/aromatic N) is 1. The summed E-state index contributed by atoms with van der Waals surface area (Å²) in [6.07, 6.45) is 0.886. The molecule has 0 aliphatic rings. The van der Waals surface area contributed by atoms with E-state index in [1.807, 2.05) is 0 Å². The van der Waals surface area contributed by atoms with E-state index in [4.69, 9.17) is 22.7 Å². The van der Waals surface area contributed by atoms with Crippen LogP contribution in [0.5, 0.6) is 5.75 Å². The maximum Gasteiger partial charge on any atom is 0.225 e. The molecule has 4 nitrogen and oxygen atoms in total. The monoisotopic (exact) mass is 644 g/mol. The summed E-state index contributed by atoms with van der Waals surface area (Å²) in [7, 11) is 1.75. The molecule has 1 aromatic rings. The summed E-state index contributed by atoms with van der Waals surface area (Å²) in [5.74, 6) is 0.872. The molecule has 0 radical (unpaired) electrons. The fourth-order valence-corrected chi connectivity index (χ4v) is 5.49. The van der Waals surface area contributed by atoms with E-state index in [9.17, 15) is 4.79 Å². The largest absolute Gasteiger partial charge is 0.491 e. The number of hydrogen-bond acceptors (Lipinski definition) is 3. The second-order valence-electron chi connectivity index (χ2n) is 4.33. The van der Waals surface area contributed by atoms with Gasteiger partial charge >= 0.3 is 0 Å². The molecule has 8 heteroatoms. The van der Waals surface area contributed by atoms with Gasteiger partial charge in [0.05, 0.1) is 25.2 Å². The third-order valence-electron chi connectivity index (χ3n) is 2.64. The lowest BCUT2D eigenvalue weighted by atomic mass is 10.3. The Labute approximate surface area is 171 Å². The highest BCUT2D eigenvalue weighted by molar-refractivity contribution is 14.1. The van der Waals surface area contributed by atoms with E-state index in [2.05, 4.69) is 79.9 Å². The van der Waals surface area contributed by atoms with Crippen molar-refractivity contribution in [1.82, 2.24) is 4.90 Å². The number of ether oxygens (including phenoxy) is 1. The Balaban J connectivity index is 2.46. The van der Waals surface area contributed by atoms with Crippen LogP contribution in [0.25, 0.3) is 0 Å². The van der Waals surface area contributed by atoms with Gasteiger partial charge in [0.1, 0.15) is 5.75 Å². The zero-order valence-corrected chi connectivity index (χ0v) is 18.7. The number of carbonyl (C=O) groups is 1. The quantitative estimate of drug-likeness (QED) is 0.366. The van der Waals surface area contributed by atoms with Crippen molar-refractivity contribution in [3.8, 4) is 5.75 Å². The molecule has 0 unspecified atom stereocenters. The summed E-state index contributed by atoms with van der Waals surface area (Å²) in [5, 5.41) is 0. The van der Waals surface area contributed by atoms with Gasteiger partial charge in [-0.25, -0.2) is 0 Å². The van der Waals surface area contributed by atoms with Crippen LogP contribution in [-0.2, 0) is 4.79 Å². The molecular formula is C13H15I3N2O2S. The smallest absolute Gasteiger partial charge is 0.225 e. The van der Waals surface area contributed by atoms with Gasteiger partial charge in [0, 0.05) is 23.6 Å². The van der Waals surface area contributed by atoms with Gasteiger partial charge in [-0.3, -0.25) is 4.79 Å². The van der Waals surface area contributed by atoms with Crippen LogP contribution in [0.3, 0.4) is 0 Å². The van der Waals surface area contributed by atoms with E-state index in [0.717, 1.165) is 12.9 Å². The number of amides is 1. The molecule has 2 N–H and O–H groups in total. The van der Waals surface area contributed by atoms with Crippen LogP contribution in [0.4, 0.5) is 0 Å². The number of rotatable bonds is 7. The van der Waals surface area contributed by atoms with E-state index in [-0.39, 0.29) is 5.91 Å². The van der Waals surface area contributed by atoms with Crippen molar-refractivity contribution < 1.29 is 9.53 Å². The molecule has 0 spiro atoms. The molecule has 0 saturated heterocycles. The topological polar surface area (TPSA) is 55.6 Å². The Morgan fingerprint density at radius 1 is 1.29 bits per heavy atom. The minimum Gasteiger partial charge on any atom is -0.491 e. The van der Waals surface area contributed by atoms with Crippen molar-refractivity contribution in [3.63, 3.8) is 0 Å². The molecule has 21 heavy (non-hydrogen) atoms. The number of halogens is 3. The van der Waals surface area contributed by atoms with Crippen molar-refractivity contribution in [3.05, 3.63) is 22.8 Å². The molecule has 1 rings (SSSR count). The molecule has 0 fully saturated rings. The number of thiocarbonyl (C=S) groups is 1. The van der Waals surface area contributed by atoms with Gasteiger partial charge < -0.3 is 15.4 Å². The predicted molar refractivity (Wildman–Crippen MR) is 114 cm³/mol. The molecule has 116 valence electrons. The molecule has 0 saturated carbocycles. The standard InChI is InChI=1S/C13H15I3N2O2S/c1-18(4-2-11(17)21)12(19)3-5-20-13-9(15)6-8(14)7-10(13)16/h6-7H,2-5H2,1H3,(H2,17,21). The Morgan fingerprint density at radius 2 is 1.86 bits per heavy atom. The first-order valence-corrected chi connectivity index (χ1v) is 9.75. The fourth-order valence-electron chi connectivity index (χ4n) is 1.50. The maximum absolute atomic E-state index is 11.9. The zero-order valence-electron chi connectivity index (χ0n) is 11.4. The lowest BCUT2D eigenvalue weighted by Gasteiger charge is -2.17. The Hall–Kier alpha value is 0.570. The lowest BCUT2D eigenvalue weighted by molar-refractivity contribution is -0.130. The average Bonchev–Trinajstić information content (AvgIpc) is 2.38. The van der Waals surface area contributed by atoms with Crippen LogP contribution in [0.1, 0.15) is 12.8 Å². The first kappa shape index (κ1) is 19.6. The third kappa shape index (κ3) is 7.12. The third-order valence-corrected chi connectivity index (χ3v) is 5.07. The minimum atomic E-state index is 0.0294. The van der Waals surface area contributed by atoms with Crippen molar-refractivity contribution in [2.75, 3.05) is 20.2 Å². The number of nitrogens with two attached hydrogens (primary N) is 1. The van der Waals surface area contributed by atoms with Gasteiger partial charge in [0.2, 0.25) is 5.91 Å². The van der Waals surface area contributed by atoms with Gasteiger partial charge in [-0.05, 0) is 79.9 Å². The van der Waals surface area contributed by atoms with Gasteiger partial charge in [-0.2, -0.15) is 0 Å². The maximum atomic E-state index is 11.9. The number of hydrogen-bond donors (Lipinski definition) is 1. The molecule has 0 atom stereocenters. The van der Waals surface area contributed by atoms with Crippen LogP contribution in [0.2, 0.25) is 0 Å². The van der Waals surface area contributed by atoms with E-state index >= 15 is 0 Å². The highest BCUT2D eigenvalue weighted by atomic mass is 127. The zero-order chi connectivity index (χ0) is 16.0. The van der Waals surface area contributed by atoms with Crippen molar-refractivity contribution >= 4 is 90.9 Å². The van der Waals surface area contributed by atoms with Gasteiger partial charge in [-0.15, -0.1) is 0 Å². The number of carbonyl (C=O) groups excluding carboxylic acids is 1. The Bertz CT molecular complexity index is 517. The Morgan fingerprint density at radius 3 is 2.38 bits per heavy atom. The van der Waals surface area contributed by atoms with E-state index in [0.29, 0.717) is 31.0 Å². The predicted octanol–water partition coefficient (Wildman–Crippen LogP) is 3.40. The molecule has 0 aliphatic heterocycles. The van der Waals surface area contributed by atoms with Crippen molar-refractivity contribution in [2.24, 2.45) is 5.73 Å². The summed E-state index contributed by atoms with van der Waals surface area (Å²) in [6.45, 7) is 0.912. The summed E-state index contributed by atoms with van der Waals surface area (Å²) in [5.41, 5.74) is 5.43. The van der Waals surface area contributed by atoms with Gasteiger partial charge in [0.25, 0.3) is 0 Å². The van der Waals surface area contributed by atoms with E-state index in [1.54, 1.807) is 11.9 Å². The summed E-state index contributed by atoms with van der Waals surface area (Å²) < 4.78 is 9.03. The summed E-state index contributed by atoms with van der Waals surface area (Å²) in [6, 6.07) is 4.10. The second-order valence-corrected chi connectivity index (χ2v) is 8.42. The van der Waals surface area contributed by atoms with E-state index in [1.165, 1.54) is 3.57 Å². The second kappa shape index (κ2) is 9.65. The molecule has 1 amide bonds. The first-order valence-electron chi connectivity index (χ1n) is 6.11. The number of benzene rings is 1. The van der Waals surface area contributed by atoms with Crippen molar-refractivity contribution in [1.29, 1.82) is 0 Å². The average molecular weight is 644 g/mol. The van der Waals surface area contributed by atoms with Crippen LogP contribution in [0, 0.1) is 10.7 Å². The molecule has 1 aromatic carbocycles. The summed E-state index contributed by atoms with van der Waals surface area (Å²) >= 11 is 11.6.